The van der Waals surface area contributed by atoms with Crippen molar-refractivity contribution in [2.45, 2.75) is 38.7 Å². The van der Waals surface area contributed by atoms with E-state index >= 15 is 0 Å². The van der Waals surface area contributed by atoms with Gasteiger partial charge < -0.3 is 4.74 Å². The molecule has 0 fully saturated rings. The zero-order chi connectivity index (χ0) is 13.6. The minimum Gasteiger partial charge on any atom is -0.379 e. The van der Waals surface area contributed by atoms with E-state index in [1.807, 2.05) is 0 Å². The Morgan fingerprint density at radius 3 is 2.39 bits per heavy atom. The number of rotatable bonds is 7. The molecule has 0 aliphatic rings. The van der Waals surface area contributed by atoms with E-state index in [1.54, 1.807) is 7.11 Å². The van der Waals surface area contributed by atoms with Crippen molar-refractivity contribution in [2.75, 3.05) is 13.0 Å². The molecule has 1 rings (SSSR count). The fourth-order valence-electron chi connectivity index (χ4n) is 1.84. The van der Waals surface area contributed by atoms with E-state index < -0.39 is 0 Å². The summed E-state index contributed by atoms with van der Waals surface area (Å²) in [4.78, 5) is 0. The van der Waals surface area contributed by atoms with E-state index in [4.69, 9.17) is 16.3 Å². The van der Waals surface area contributed by atoms with Crippen LogP contribution in [0.5, 0.6) is 0 Å². The Hall–Kier alpha value is -0.0500. The van der Waals surface area contributed by atoms with Gasteiger partial charge in [0.15, 0.2) is 0 Å². The summed E-state index contributed by atoms with van der Waals surface area (Å²) in [5.41, 5.74) is 1.29. The summed E-state index contributed by atoms with van der Waals surface area (Å²) >= 11 is 9.52. The Kier molecular flexibility index (Phi) is 6.68. The third kappa shape index (κ3) is 5.73. The fourth-order valence-corrected chi connectivity index (χ4v) is 2.37. The van der Waals surface area contributed by atoms with Crippen LogP contribution in [0.4, 0.5) is 0 Å². The second kappa shape index (κ2) is 7.52. The summed E-state index contributed by atoms with van der Waals surface area (Å²) in [6.07, 6.45) is 3.17. The van der Waals surface area contributed by atoms with Crippen LogP contribution in [-0.2, 0) is 11.2 Å². The Bertz CT molecular complexity index is 348. The molecule has 0 aliphatic carbocycles. The number of ether oxygens (including phenoxy) is 1. The third-order valence-electron chi connectivity index (χ3n) is 3.36. The van der Waals surface area contributed by atoms with Gasteiger partial charge in [-0.1, -0.05) is 28.1 Å². The van der Waals surface area contributed by atoms with Gasteiger partial charge >= 0.3 is 0 Å². The molecule has 102 valence electrons. The highest BCUT2D eigenvalue weighted by Gasteiger charge is 2.19. The van der Waals surface area contributed by atoms with Crippen molar-refractivity contribution in [1.29, 1.82) is 0 Å². The Morgan fingerprint density at radius 1 is 1.28 bits per heavy atom. The summed E-state index contributed by atoms with van der Waals surface area (Å²) in [6, 6.07) is 8.48. The van der Waals surface area contributed by atoms with Crippen LogP contribution >= 0.6 is 27.5 Å². The summed E-state index contributed by atoms with van der Waals surface area (Å²) in [6.45, 7) is 4.25. The van der Waals surface area contributed by atoms with Crippen LogP contribution in [0.25, 0.3) is 0 Å². The molecular weight excluding hydrogens is 312 g/mol. The first kappa shape index (κ1) is 16.0. The summed E-state index contributed by atoms with van der Waals surface area (Å²) in [5.74, 6) is 1.22. The molecule has 1 aromatic carbocycles. The van der Waals surface area contributed by atoms with Crippen LogP contribution in [0.2, 0.25) is 0 Å². The highest BCUT2D eigenvalue weighted by atomic mass is 79.9. The molecule has 18 heavy (non-hydrogen) atoms. The van der Waals surface area contributed by atoms with Gasteiger partial charge in [0.1, 0.15) is 0 Å². The molecule has 1 nitrogen and oxygen atoms in total. The normalized spacial score (nSPS) is 13.6. The van der Waals surface area contributed by atoms with E-state index in [1.165, 1.54) is 5.56 Å². The molecule has 1 aromatic rings. The van der Waals surface area contributed by atoms with Gasteiger partial charge in [0.05, 0.1) is 5.60 Å². The van der Waals surface area contributed by atoms with Crippen molar-refractivity contribution in [3.8, 4) is 0 Å². The molecule has 1 atom stereocenters. The Labute approximate surface area is 124 Å². The molecule has 0 heterocycles. The quantitative estimate of drug-likeness (QED) is 0.634. The van der Waals surface area contributed by atoms with Crippen LogP contribution in [0, 0.1) is 5.92 Å². The lowest BCUT2D eigenvalue weighted by atomic mass is 9.91. The molecule has 0 radical (unpaired) electrons. The fraction of sp³-hybridized carbons (Fsp3) is 0.600. The molecule has 0 aromatic heterocycles. The molecule has 0 saturated heterocycles. The summed E-state index contributed by atoms with van der Waals surface area (Å²) < 4.78 is 6.57. The van der Waals surface area contributed by atoms with Gasteiger partial charge in [-0.05, 0) is 56.7 Å². The minimum atomic E-state index is -0.0516. The van der Waals surface area contributed by atoms with Gasteiger partial charge in [-0.2, -0.15) is 0 Å². The standard InChI is InChI=1S/C15H22BrClO/c1-15(2,18-3)9-8-13(11-17)10-12-4-6-14(16)7-5-12/h4-7,13H,8-11H2,1-3H3. The van der Waals surface area contributed by atoms with Crippen LogP contribution < -0.4 is 0 Å². The third-order valence-corrected chi connectivity index (χ3v) is 4.33. The molecule has 0 amide bonds. The molecule has 0 bridgehead atoms. The summed E-state index contributed by atoms with van der Waals surface area (Å²) in [7, 11) is 1.77. The number of hydrogen-bond acceptors (Lipinski definition) is 1. The van der Waals surface area contributed by atoms with Crippen LogP contribution in [0.15, 0.2) is 28.7 Å². The van der Waals surface area contributed by atoms with Crippen molar-refractivity contribution in [1.82, 2.24) is 0 Å². The van der Waals surface area contributed by atoms with Crippen molar-refractivity contribution in [2.24, 2.45) is 5.92 Å². The van der Waals surface area contributed by atoms with Crippen LogP contribution in [0.1, 0.15) is 32.3 Å². The lowest BCUT2D eigenvalue weighted by Gasteiger charge is -2.25. The second-order valence-electron chi connectivity index (χ2n) is 5.35. The average molecular weight is 334 g/mol. The molecule has 0 aliphatic heterocycles. The van der Waals surface area contributed by atoms with Gasteiger partial charge in [0, 0.05) is 17.5 Å². The van der Waals surface area contributed by atoms with Crippen molar-refractivity contribution in [3.63, 3.8) is 0 Å². The first-order valence-corrected chi connectivity index (χ1v) is 7.65. The molecular formula is C15H22BrClO. The van der Waals surface area contributed by atoms with E-state index in [0.717, 1.165) is 23.7 Å². The Morgan fingerprint density at radius 2 is 1.89 bits per heavy atom. The first-order chi connectivity index (χ1) is 8.46. The highest BCUT2D eigenvalue weighted by Crippen LogP contribution is 2.23. The molecule has 0 saturated carbocycles. The van der Waals surface area contributed by atoms with Gasteiger partial charge in [-0.15, -0.1) is 11.6 Å². The number of benzene rings is 1. The highest BCUT2D eigenvalue weighted by molar-refractivity contribution is 9.10. The van der Waals surface area contributed by atoms with Crippen LogP contribution in [-0.4, -0.2) is 18.6 Å². The number of methoxy groups -OCH3 is 1. The van der Waals surface area contributed by atoms with Crippen molar-refractivity contribution >= 4 is 27.5 Å². The van der Waals surface area contributed by atoms with Crippen molar-refractivity contribution in [3.05, 3.63) is 34.3 Å². The molecule has 3 heteroatoms. The lowest BCUT2D eigenvalue weighted by Crippen LogP contribution is -2.24. The maximum atomic E-state index is 6.07. The Balaban J connectivity index is 2.49. The molecule has 0 N–H and O–H groups in total. The van der Waals surface area contributed by atoms with E-state index in [-0.39, 0.29) is 5.60 Å². The SMILES string of the molecule is COC(C)(C)CCC(CCl)Cc1ccc(Br)cc1. The second-order valence-corrected chi connectivity index (χ2v) is 6.58. The molecule has 0 spiro atoms. The van der Waals surface area contributed by atoms with E-state index in [0.29, 0.717) is 11.8 Å². The average Bonchev–Trinajstić information content (AvgIpc) is 2.37. The minimum absolute atomic E-state index is 0.0516. The topological polar surface area (TPSA) is 9.23 Å². The predicted molar refractivity (Wildman–Crippen MR) is 82.4 cm³/mol. The van der Waals surface area contributed by atoms with Gasteiger partial charge in [0.2, 0.25) is 0 Å². The maximum Gasteiger partial charge on any atom is 0.0622 e. The number of hydrogen-bond donors (Lipinski definition) is 0. The summed E-state index contributed by atoms with van der Waals surface area (Å²) in [5, 5.41) is 0. The van der Waals surface area contributed by atoms with E-state index in [9.17, 15) is 0 Å². The smallest absolute Gasteiger partial charge is 0.0622 e. The van der Waals surface area contributed by atoms with Gasteiger partial charge in [0.25, 0.3) is 0 Å². The monoisotopic (exact) mass is 332 g/mol. The number of alkyl halides is 1. The maximum absolute atomic E-state index is 6.07. The van der Waals surface area contributed by atoms with Crippen molar-refractivity contribution < 1.29 is 4.74 Å². The van der Waals surface area contributed by atoms with E-state index in [2.05, 4.69) is 54.0 Å². The number of halogens is 2. The zero-order valence-electron chi connectivity index (χ0n) is 11.4. The molecule has 1 unspecified atom stereocenters. The predicted octanol–water partition coefficient (Wildman–Crippen LogP) is 5.05. The van der Waals surface area contributed by atoms with Crippen LogP contribution in [0.3, 0.4) is 0 Å². The zero-order valence-corrected chi connectivity index (χ0v) is 13.7. The van der Waals surface area contributed by atoms with Gasteiger partial charge in [-0.3, -0.25) is 0 Å². The lowest BCUT2D eigenvalue weighted by molar-refractivity contribution is 0.0110. The van der Waals surface area contributed by atoms with Gasteiger partial charge in [-0.25, -0.2) is 0 Å². The first-order valence-electron chi connectivity index (χ1n) is 6.32. The largest absolute Gasteiger partial charge is 0.379 e.